The molecule has 2 rings (SSSR count). The van der Waals surface area contributed by atoms with Crippen LogP contribution in [-0.4, -0.2) is 26.1 Å². The fraction of sp³-hybridized carbons (Fsp3) is 0.478. The molecule has 0 fully saturated rings. The smallest absolute Gasteiger partial charge is 0.345 e. The van der Waals surface area contributed by atoms with Gasteiger partial charge in [-0.15, -0.1) is 0 Å². The average molecular weight is 485 g/mol. The van der Waals surface area contributed by atoms with Gasteiger partial charge in [0.25, 0.3) is 0 Å². The summed E-state index contributed by atoms with van der Waals surface area (Å²) < 4.78 is 54.3. The predicted molar refractivity (Wildman–Crippen MR) is 126 cm³/mol. The van der Waals surface area contributed by atoms with Crippen molar-refractivity contribution in [3.63, 3.8) is 0 Å². The molecule has 0 aliphatic heterocycles. The van der Waals surface area contributed by atoms with Crippen molar-refractivity contribution < 1.29 is 31.3 Å². The monoisotopic (exact) mass is 484 g/mol. The van der Waals surface area contributed by atoms with Crippen molar-refractivity contribution in [2.45, 2.75) is 70.9 Å². The predicted octanol–water partition coefficient (Wildman–Crippen LogP) is 6.31. The quantitative estimate of drug-likeness (QED) is 0.395. The number of rotatable bonds is 10. The summed E-state index contributed by atoms with van der Waals surface area (Å²) in [6, 6.07) is 8.29. The molecule has 1 N–H and O–H groups in total. The van der Waals surface area contributed by atoms with Gasteiger partial charge in [0, 0.05) is 5.56 Å². The summed E-state index contributed by atoms with van der Waals surface area (Å²) in [6.07, 6.45) is 0.676. The molecule has 1 atom stereocenters. The van der Waals surface area contributed by atoms with E-state index in [0.29, 0.717) is 35.5 Å². The summed E-state index contributed by atoms with van der Waals surface area (Å²) in [5.41, 5.74) is 1.37. The largest absolute Gasteiger partial charge is 0.496 e. The van der Waals surface area contributed by atoms with Crippen LogP contribution in [-0.2, 0) is 18.7 Å². The molecule has 0 heterocycles. The van der Waals surface area contributed by atoms with Crippen molar-refractivity contribution in [2.75, 3.05) is 7.11 Å². The summed E-state index contributed by atoms with van der Waals surface area (Å²) in [7, 11) is -7.15. The number of ether oxygens (including phenoxy) is 2. The Morgan fingerprint density at radius 2 is 1.59 bits per heavy atom. The summed E-state index contributed by atoms with van der Waals surface area (Å²) in [5, 5.41) is 0. The van der Waals surface area contributed by atoms with Gasteiger partial charge in [-0.2, -0.15) is 12.4 Å². The number of methoxy groups -OCH3 is 1. The Kier molecular flexibility index (Phi) is 8.56. The molecule has 2 aromatic rings. The molecule has 2 aromatic carbocycles. The third-order valence-electron chi connectivity index (χ3n) is 5.37. The summed E-state index contributed by atoms with van der Waals surface area (Å²) in [6.45, 7) is 11.0. The van der Waals surface area contributed by atoms with Gasteiger partial charge in [-0.3, -0.25) is 4.57 Å². The van der Waals surface area contributed by atoms with Gasteiger partial charge in [-0.25, -0.2) is 0 Å². The highest BCUT2D eigenvalue weighted by Gasteiger charge is 2.36. The van der Waals surface area contributed by atoms with Gasteiger partial charge < -0.3 is 14.4 Å². The van der Waals surface area contributed by atoms with Crippen LogP contribution < -0.4 is 9.47 Å². The Bertz CT molecular complexity index is 1080. The molecular weight excluding hydrogens is 451 g/mol. The zero-order valence-corrected chi connectivity index (χ0v) is 21.4. The molecule has 0 aliphatic rings. The molecule has 32 heavy (non-hydrogen) atoms. The van der Waals surface area contributed by atoms with Gasteiger partial charge >= 0.3 is 17.7 Å². The van der Waals surface area contributed by atoms with E-state index in [-0.39, 0.29) is 10.8 Å². The van der Waals surface area contributed by atoms with Crippen LogP contribution >= 0.6 is 7.60 Å². The van der Waals surface area contributed by atoms with Gasteiger partial charge in [0.1, 0.15) is 17.2 Å². The van der Waals surface area contributed by atoms with Gasteiger partial charge in [-0.05, 0) is 74.1 Å². The van der Waals surface area contributed by atoms with E-state index in [4.69, 9.17) is 13.4 Å². The summed E-state index contributed by atoms with van der Waals surface area (Å²) in [5.74, 6) is 2.10. The first-order valence-corrected chi connectivity index (χ1v) is 13.7. The molecule has 0 amide bonds. The lowest BCUT2D eigenvalue weighted by Crippen LogP contribution is -2.13. The molecule has 7 nitrogen and oxygen atoms in total. The fourth-order valence-corrected chi connectivity index (χ4v) is 7.08. The minimum atomic E-state index is -4.43. The van der Waals surface area contributed by atoms with Crippen LogP contribution in [0.3, 0.4) is 0 Å². The Hall–Kier alpha value is -1.86. The van der Waals surface area contributed by atoms with Crippen molar-refractivity contribution in [3.8, 4) is 17.2 Å². The van der Waals surface area contributed by atoms with E-state index in [1.165, 1.54) is 12.1 Å². The summed E-state index contributed by atoms with van der Waals surface area (Å²) >= 11 is 0. The topological polar surface area (TPSA) is 99.1 Å². The fourth-order valence-electron chi connectivity index (χ4n) is 3.56. The van der Waals surface area contributed by atoms with Crippen LogP contribution in [0.15, 0.2) is 35.2 Å². The first kappa shape index (κ1) is 26.4. The molecule has 0 aromatic heterocycles. The Balaban J connectivity index is 2.39. The maximum Gasteiger partial charge on any atom is 0.345 e. The zero-order valence-electron chi connectivity index (χ0n) is 19.7. The maximum absolute atomic E-state index is 12.7. The molecule has 9 heteroatoms. The van der Waals surface area contributed by atoms with E-state index in [1.54, 1.807) is 40.9 Å². The molecule has 0 aliphatic carbocycles. The van der Waals surface area contributed by atoms with Crippen LogP contribution in [0.5, 0.6) is 17.2 Å². The van der Waals surface area contributed by atoms with E-state index in [9.17, 15) is 17.9 Å². The standard InChI is InChI=1S/C23H33O7PS/c1-8-19(9-2)31(24,25)30-32(26,27)20-12-16(5)23(17(6)13-20)29-18-10-11-22(28-7)21(14-18)15(3)4/h10-15,19H,8-9H2,1-7H3,(H,24,25). The first-order chi connectivity index (χ1) is 14.9. The van der Waals surface area contributed by atoms with Gasteiger partial charge in [0.05, 0.1) is 17.7 Å². The number of hydrogen-bond donors (Lipinski definition) is 1. The van der Waals surface area contributed by atoms with Crippen molar-refractivity contribution in [3.05, 3.63) is 47.0 Å². The minimum absolute atomic E-state index is 0.183. The molecule has 0 saturated heterocycles. The highest BCUT2D eigenvalue weighted by atomic mass is 32.2. The summed E-state index contributed by atoms with van der Waals surface area (Å²) in [4.78, 5) is 10.0. The lowest BCUT2D eigenvalue weighted by Gasteiger charge is -2.20. The normalized spacial score (nSPS) is 13.9. The van der Waals surface area contributed by atoms with Crippen LogP contribution in [0.2, 0.25) is 0 Å². The Morgan fingerprint density at radius 1 is 1.03 bits per heavy atom. The van der Waals surface area contributed by atoms with Crippen molar-refractivity contribution in [1.29, 1.82) is 0 Å². The van der Waals surface area contributed by atoms with E-state index in [2.05, 4.69) is 13.8 Å². The van der Waals surface area contributed by atoms with E-state index >= 15 is 0 Å². The van der Waals surface area contributed by atoms with Crippen LogP contribution in [0.25, 0.3) is 0 Å². The second-order valence-corrected chi connectivity index (χ2v) is 11.9. The molecule has 0 bridgehead atoms. The third-order valence-corrected chi connectivity index (χ3v) is 9.48. The molecule has 178 valence electrons. The van der Waals surface area contributed by atoms with Crippen LogP contribution in [0.4, 0.5) is 0 Å². The number of aryl methyl sites for hydroxylation is 2. The van der Waals surface area contributed by atoms with E-state index < -0.39 is 23.4 Å². The van der Waals surface area contributed by atoms with E-state index in [0.717, 1.165) is 11.3 Å². The SMILES string of the molecule is CCC(CC)P(=O)(O)OS(=O)(=O)c1cc(C)c(Oc2ccc(OC)c(C(C)C)c2)c(C)c1. The lowest BCUT2D eigenvalue weighted by molar-refractivity contribution is 0.359. The maximum atomic E-state index is 12.7. The molecule has 1 unspecified atom stereocenters. The first-order valence-electron chi connectivity index (χ1n) is 10.6. The zero-order chi connectivity index (χ0) is 24.3. The lowest BCUT2D eigenvalue weighted by atomic mass is 10.0. The highest BCUT2D eigenvalue weighted by molar-refractivity contribution is 7.91. The second-order valence-electron chi connectivity index (χ2n) is 8.11. The van der Waals surface area contributed by atoms with Crippen LogP contribution in [0.1, 0.15) is 63.1 Å². The number of hydrogen-bond acceptors (Lipinski definition) is 6. The highest BCUT2D eigenvalue weighted by Crippen LogP contribution is 2.52. The van der Waals surface area contributed by atoms with Crippen molar-refractivity contribution in [1.82, 2.24) is 0 Å². The second kappa shape index (κ2) is 10.4. The van der Waals surface area contributed by atoms with E-state index in [1.807, 2.05) is 12.1 Å². The molecule has 0 saturated carbocycles. The average Bonchev–Trinajstić information content (AvgIpc) is 2.70. The van der Waals surface area contributed by atoms with Gasteiger partial charge in [0.2, 0.25) is 0 Å². The van der Waals surface area contributed by atoms with Gasteiger partial charge in [0.15, 0.2) is 0 Å². The molecular formula is C23H33O7PS. The third kappa shape index (κ3) is 5.93. The minimum Gasteiger partial charge on any atom is -0.496 e. The van der Waals surface area contributed by atoms with Crippen LogP contribution in [0, 0.1) is 13.8 Å². The Labute approximate surface area is 191 Å². The van der Waals surface area contributed by atoms with Crippen molar-refractivity contribution >= 4 is 17.7 Å². The Morgan fingerprint density at radius 3 is 2.06 bits per heavy atom. The molecule has 0 spiro atoms. The molecule has 0 radical (unpaired) electrons. The number of benzene rings is 2. The van der Waals surface area contributed by atoms with Crippen molar-refractivity contribution in [2.24, 2.45) is 0 Å². The van der Waals surface area contributed by atoms with Gasteiger partial charge in [-0.1, -0.05) is 27.7 Å².